The van der Waals surface area contributed by atoms with Crippen molar-refractivity contribution in [3.63, 3.8) is 0 Å². The average molecular weight is 316 g/mol. The molecule has 1 aliphatic heterocycles. The molecule has 1 saturated heterocycles. The number of piperidine rings is 1. The lowest BCUT2D eigenvalue weighted by Crippen LogP contribution is -2.46. The van der Waals surface area contributed by atoms with Gasteiger partial charge in [0.2, 0.25) is 0 Å². The van der Waals surface area contributed by atoms with Gasteiger partial charge in [-0.25, -0.2) is 0 Å². The lowest BCUT2D eigenvalue weighted by atomic mass is 10.0. The molecule has 0 saturated carbocycles. The monoisotopic (exact) mass is 316 g/mol. The number of rotatable bonds is 4. The summed E-state index contributed by atoms with van der Waals surface area (Å²) in [5.74, 6) is 1.67. The van der Waals surface area contributed by atoms with E-state index in [1.54, 1.807) is 7.05 Å². The van der Waals surface area contributed by atoms with Gasteiger partial charge in [-0.2, -0.15) is 0 Å². The lowest BCUT2D eigenvalue weighted by molar-refractivity contribution is 0.0963. The van der Waals surface area contributed by atoms with Gasteiger partial charge in [0.1, 0.15) is 0 Å². The Balaban J connectivity index is 1.87. The Bertz CT molecular complexity index is 556. The van der Waals surface area contributed by atoms with Crippen molar-refractivity contribution in [1.82, 2.24) is 15.5 Å². The van der Waals surface area contributed by atoms with Gasteiger partial charge in [-0.05, 0) is 42.9 Å². The van der Waals surface area contributed by atoms with E-state index in [2.05, 4.69) is 33.5 Å². The first-order valence-corrected chi connectivity index (χ1v) is 8.40. The van der Waals surface area contributed by atoms with E-state index in [0.29, 0.717) is 5.56 Å². The highest BCUT2D eigenvalue weighted by Crippen LogP contribution is 2.15. The SMILES string of the molecule is CN=C(NCCc1cccc(C(=O)NC)c1)N1CCCC(C)C1. The van der Waals surface area contributed by atoms with Gasteiger partial charge in [0, 0.05) is 39.3 Å². The maximum absolute atomic E-state index is 11.7. The number of carbonyl (C=O) groups excluding carboxylic acids is 1. The smallest absolute Gasteiger partial charge is 0.251 e. The Labute approximate surface area is 139 Å². The molecule has 0 aliphatic carbocycles. The molecule has 1 unspecified atom stereocenters. The minimum absolute atomic E-state index is 0.0436. The van der Waals surface area contributed by atoms with Crippen LogP contribution in [-0.4, -0.2) is 50.5 Å². The summed E-state index contributed by atoms with van der Waals surface area (Å²) in [7, 11) is 3.49. The molecular formula is C18H28N4O. The van der Waals surface area contributed by atoms with Gasteiger partial charge >= 0.3 is 0 Å². The van der Waals surface area contributed by atoms with Crippen molar-refractivity contribution in [2.45, 2.75) is 26.2 Å². The van der Waals surface area contributed by atoms with Crippen molar-refractivity contribution >= 4 is 11.9 Å². The Morgan fingerprint density at radius 1 is 1.43 bits per heavy atom. The summed E-state index contributed by atoms with van der Waals surface area (Å²) in [6.45, 7) is 5.26. The van der Waals surface area contributed by atoms with Crippen LogP contribution in [0.2, 0.25) is 0 Å². The highest BCUT2D eigenvalue weighted by atomic mass is 16.1. The van der Waals surface area contributed by atoms with Gasteiger partial charge in [0.25, 0.3) is 5.91 Å². The summed E-state index contributed by atoms with van der Waals surface area (Å²) < 4.78 is 0. The van der Waals surface area contributed by atoms with Crippen molar-refractivity contribution < 1.29 is 4.79 Å². The summed E-state index contributed by atoms with van der Waals surface area (Å²) in [5.41, 5.74) is 1.86. The van der Waals surface area contributed by atoms with Crippen LogP contribution in [0.25, 0.3) is 0 Å². The molecule has 1 aromatic rings. The molecule has 2 rings (SSSR count). The Hall–Kier alpha value is -2.04. The van der Waals surface area contributed by atoms with E-state index < -0.39 is 0 Å². The molecule has 1 heterocycles. The number of nitrogens with one attached hydrogen (secondary N) is 2. The molecule has 0 aromatic heterocycles. The maximum Gasteiger partial charge on any atom is 0.251 e. The van der Waals surface area contributed by atoms with Crippen LogP contribution in [0.4, 0.5) is 0 Å². The highest BCUT2D eigenvalue weighted by Gasteiger charge is 2.18. The first kappa shape index (κ1) is 17.3. The van der Waals surface area contributed by atoms with Crippen molar-refractivity contribution in [2.75, 3.05) is 33.7 Å². The molecule has 5 nitrogen and oxygen atoms in total. The largest absolute Gasteiger partial charge is 0.356 e. The summed E-state index contributed by atoms with van der Waals surface area (Å²) in [6.07, 6.45) is 3.41. The van der Waals surface area contributed by atoms with E-state index in [9.17, 15) is 4.79 Å². The van der Waals surface area contributed by atoms with E-state index in [1.165, 1.54) is 12.8 Å². The molecule has 2 N–H and O–H groups in total. The zero-order valence-corrected chi connectivity index (χ0v) is 14.4. The molecule has 1 fully saturated rings. The molecule has 126 valence electrons. The Morgan fingerprint density at radius 3 is 2.96 bits per heavy atom. The van der Waals surface area contributed by atoms with E-state index >= 15 is 0 Å². The molecule has 1 aliphatic rings. The van der Waals surface area contributed by atoms with Crippen molar-refractivity contribution in [3.8, 4) is 0 Å². The van der Waals surface area contributed by atoms with E-state index in [1.807, 2.05) is 25.2 Å². The third kappa shape index (κ3) is 4.98. The third-order valence-electron chi connectivity index (χ3n) is 4.28. The number of nitrogens with zero attached hydrogens (tertiary/aromatic N) is 2. The number of carbonyl (C=O) groups is 1. The molecular weight excluding hydrogens is 288 g/mol. The third-order valence-corrected chi connectivity index (χ3v) is 4.28. The standard InChI is InChI=1S/C18H28N4O/c1-14-6-5-11-22(13-14)18(20-3)21-10-9-15-7-4-8-16(12-15)17(23)19-2/h4,7-8,12,14H,5-6,9-11,13H2,1-3H3,(H,19,23)(H,20,21). The molecule has 23 heavy (non-hydrogen) atoms. The van der Waals surface area contributed by atoms with Crippen molar-refractivity contribution in [3.05, 3.63) is 35.4 Å². The van der Waals surface area contributed by atoms with Gasteiger partial charge in [0.15, 0.2) is 5.96 Å². The van der Waals surface area contributed by atoms with E-state index in [0.717, 1.165) is 43.5 Å². The number of guanidine groups is 1. The summed E-state index contributed by atoms with van der Waals surface area (Å²) >= 11 is 0. The number of hydrogen-bond donors (Lipinski definition) is 2. The van der Waals surface area contributed by atoms with E-state index in [-0.39, 0.29) is 5.91 Å². The second kappa shape index (κ2) is 8.56. The van der Waals surface area contributed by atoms with Gasteiger partial charge in [-0.3, -0.25) is 9.79 Å². The fraction of sp³-hybridized carbons (Fsp3) is 0.556. The lowest BCUT2D eigenvalue weighted by Gasteiger charge is -2.33. The van der Waals surface area contributed by atoms with Gasteiger partial charge < -0.3 is 15.5 Å². The molecule has 1 aromatic carbocycles. The topological polar surface area (TPSA) is 56.7 Å². The van der Waals surface area contributed by atoms with Gasteiger partial charge in [0.05, 0.1) is 0 Å². The van der Waals surface area contributed by atoms with Crippen LogP contribution in [-0.2, 0) is 6.42 Å². The number of amides is 1. The van der Waals surface area contributed by atoms with Crippen LogP contribution in [0.3, 0.4) is 0 Å². The predicted octanol–water partition coefficient (Wildman–Crippen LogP) is 1.90. The van der Waals surface area contributed by atoms with Crippen LogP contribution in [0.1, 0.15) is 35.7 Å². The predicted molar refractivity (Wildman–Crippen MR) is 94.9 cm³/mol. The van der Waals surface area contributed by atoms with Crippen LogP contribution in [0.5, 0.6) is 0 Å². The number of hydrogen-bond acceptors (Lipinski definition) is 2. The maximum atomic E-state index is 11.7. The van der Waals surface area contributed by atoms with Crippen LogP contribution >= 0.6 is 0 Å². The number of likely N-dealkylation sites (tertiary alicyclic amines) is 1. The normalized spacial score (nSPS) is 18.7. The average Bonchev–Trinajstić information content (AvgIpc) is 2.58. The second-order valence-electron chi connectivity index (χ2n) is 6.20. The quantitative estimate of drug-likeness (QED) is 0.659. The fourth-order valence-corrected chi connectivity index (χ4v) is 3.05. The summed E-state index contributed by atoms with van der Waals surface area (Å²) in [5, 5.41) is 6.10. The minimum Gasteiger partial charge on any atom is -0.356 e. The minimum atomic E-state index is -0.0436. The summed E-state index contributed by atoms with van der Waals surface area (Å²) in [4.78, 5) is 18.4. The Kier molecular flexibility index (Phi) is 6.44. The van der Waals surface area contributed by atoms with Crippen LogP contribution in [0.15, 0.2) is 29.3 Å². The van der Waals surface area contributed by atoms with E-state index in [4.69, 9.17) is 0 Å². The van der Waals surface area contributed by atoms with Crippen molar-refractivity contribution in [1.29, 1.82) is 0 Å². The van der Waals surface area contributed by atoms with Crippen LogP contribution in [0, 0.1) is 5.92 Å². The molecule has 0 spiro atoms. The first-order chi connectivity index (χ1) is 11.1. The second-order valence-corrected chi connectivity index (χ2v) is 6.20. The zero-order chi connectivity index (χ0) is 16.7. The number of aliphatic imine (C=N–C) groups is 1. The molecule has 1 amide bonds. The van der Waals surface area contributed by atoms with Gasteiger partial charge in [-0.15, -0.1) is 0 Å². The fourth-order valence-electron chi connectivity index (χ4n) is 3.05. The molecule has 0 radical (unpaired) electrons. The molecule has 0 bridgehead atoms. The zero-order valence-electron chi connectivity index (χ0n) is 14.4. The number of benzene rings is 1. The molecule has 5 heteroatoms. The molecule has 1 atom stereocenters. The highest BCUT2D eigenvalue weighted by molar-refractivity contribution is 5.94. The first-order valence-electron chi connectivity index (χ1n) is 8.40. The van der Waals surface area contributed by atoms with Crippen molar-refractivity contribution in [2.24, 2.45) is 10.9 Å². The Morgan fingerprint density at radius 2 is 2.26 bits per heavy atom. The van der Waals surface area contributed by atoms with Gasteiger partial charge in [-0.1, -0.05) is 19.1 Å². The summed E-state index contributed by atoms with van der Waals surface area (Å²) in [6, 6.07) is 7.77. The van der Waals surface area contributed by atoms with Crippen LogP contribution < -0.4 is 10.6 Å².